The van der Waals surface area contributed by atoms with Crippen molar-refractivity contribution >= 4 is 9.84 Å². The topological polar surface area (TPSA) is 69.4 Å². The Labute approximate surface area is 73.0 Å². The Morgan fingerprint density at radius 2 is 2.25 bits per heavy atom. The molecule has 0 heterocycles. The summed E-state index contributed by atoms with van der Waals surface area (Å²) < 4.78 is 27.2. The van der Waals surface area contributed by atoms with Gasteiger partial charge >= 0.3 is 0 Å². The Bertz CT molecular complexity index is 262. The molecule has 1 aliphatic rings. The summed E-state index contributed by atoms with van der Waals surface area (Å²) >= 11 is 0. The van der Waals surface area contributed by atoms with Crippen LogP contribution in [0.5, 0.6) is 0 Å². The van der Waals surface area contributed by atoms with Gasteiger partial charge in [0.25, 0.3) is 0 Å². The minimum atomic E-state index is -2.97. The van der Waals surface area contributed by atoms with E-state index in [0.717, 1.165) is 0 Å². The third-order valence-corrected chi connectivity index (χ3v) is 3.81. The number of hydrogen-bond acceptors (Lipinski definition) is 4. The van der Waals surface area contributed by atoms with Crippen LogP contribution >= 0.6 is 0 Å². The molecular formula is C7H15NO3S. The van der Waals surface area contributed by atoms with Gasteiger partial charge in [-0.2, -0.15) is 0 Å². The lowest BCUT2D eigenvalue weighted by Crippen LogP contribution is -2.35. The maximum absolute atomic E-state index is 11.0. The first-order chi connectivity index (χ1) is 5.40. The van der Waals surface area contributed by atoms with Crippen LogP contribution in [0.3, 0.4) is 0 Å². The van der Waals surface area contributed by atoms with Crippen molar-refractivity contribution in [1.82, 2.24) is 0 Å². The third kappa shape index (κ3) is 1.97. The van der Waals surface area contributed by atoms with Crippen molar-refractivity contribution in [3.8, 4) is 0 Å². The van der Waals surface area contributed by atoms with Crippen LogP contribution in [0.15, 0.2) is 0 Å². The zero-order valence-corrected chi connectivity index (χ0v) is 8.23. The summed E-state index contributed by atoms with van der Waals surface area (Å²) in [7, 11) is -2.97. The highest BCUT2D eigenvalue weighted by Crippen LogP contribution is 2.39. The van der Waals surface area contributed by atoms with E-state index in [9.17, 15) is 8.42 Å². The molecule has 1 saturated carbocycles. The van der Waals surface area contributed by atoms with Gasteiger partial charge in [0.2, 0.25) is 0 Å². The lowest BCUT2D eigenvalue weighted by molar-refractivity contribution is 0.127. The summed E-state index contributed by atoms with van der Waals surface area (Å²) in [5.41, 5.74) is 5.15. The van der Waals surface area contributed by atoms with E-state index in [2.05, 4.69) is 0 Å². The molecular weight excluding hydrogens is 178 g/mol. The quantitative estimate of drug-likeness (QED) is 0.656. The molecule has 0 aromatic carbocycles. The van der Waals surface area contributed by atoms with Gasteiger partial charge in [-0.1, -0.05) is 0 Å². The number of rotatable bonds is 4. The number of ether oxygens (including phenoxy) is 1. The minimum absolute atomic E-state index is 0.348. The van der Waals surface area contributed by atoms with Gasteiger partial charge in [0, 0.05) is 12.9 Å². The third-order valence-electron chi connectivity index (χ3n) is 2.14. The fraction of sp³-hybridized carbons (Fsp3) is 1.00. The van der Waals surface area contributed by atoms with E-state index in [1.165, 1.54) is 6.26 Å². The molecule has 4 nitrogen and oxygen atoms in total. The lowest BCUT2D eigenvalue weighted by atomic mass is 10.3. The summed E-state index contributed by atoms with van der Waals surface area (Å²) in [6.45, 7) is 2.79. The van der Waals surface area contributed by atoms with Crippen LogP contribution in [0.1, 0.15) is 13.3 Å². The maximum Gasteiger partial charge on any atom is 0.152 e. The summed E-state index contributed by atoms with van der Waals surface area (Å²) in [6.07, 6.45) is 1.75. The van der Waals surface area contributed by atoms with E-state index in [1.54, 1.807) is 0 Å². The zero-order chi connectivity index (χ0) is 9.41. The molecule has 1 fully saturated rings. The maximum atomic E-state index is 11.0. The van der Waals surface area contributed by atoms with E-state index in [4.69, 9.17) is 10.5 Å². The highest BCUT2D eigenvalue weighted by Gasteiger charge is 2.57. The molecule has 2 N–H and O–H groups in total. The molecule has 1 aliphatic carbocycles. The van der Waals surface area contributed by atoms with E-state index < -0.39 is 20.6 Å². The molecule has 72 valence electrons. The van der Waals surface area contributed by atoms with Gasteiger partial charge in [-0.15, -0.1) is 0 Å². The van der Waals surface area contributed by atoms with E-state index in [0.29, 0.717) is 19.6 Å². The van der Waals surface area contributed by atoms with Gasteiger partial charge in [-0.05, 0) is 13.3 Å². The molecule has 1 rings (SSSR count). The molecule has 0 aliphatic heterocycles. The molecule has 0 unspecified atom stereocenters. The zero-order valence-electron chi connectivity index (χ0n) is 7.41. The first-order valence-electron chi connectivity index (χ1n) is 3.95. The van der Waals surface area contributed by atoms with Crippen molar-refractivity contribution in [2.45, 2.75) is 24.1 Å². The summed E-state index contributed by atoms with van der Waals surface area (Å²) in [6, 6.07) is 0. The summed E-state index contributed by atoms with van der Waals surface area (Å²) in [4.78, 5) is 0. The molecule has 2 atom stereocenters. The SMILES string of the molecule is CCOC[C@]1(N)C[C@@H]1S(C)(=O)=O. The highest BCUT2D eigenvalue weighted by molar-refractivity contribution is 7.91. The molecule has 0 aromatic heterocycles. The van der Waals surface area contributed by atoms with Gasteiger partial charge in [-0.3, -0.25) is 0 Å². The van der Waals surface area contributed by atoms with Crippen LogP contribution < -0.4 is 5.73 Å². The van der Waals surface area contributed by atoms with Crippen molar-refractivity contribution in [3.05, 3.63) is 0 Å². The minimum Gasteiger partial charge on any atom is -0.380 e. The second-order valence-electron chi connectivity index (χ2n) is 3.39. The van der Waals surface area contributed by atoms with Crippen LogP contribution in [-0.4, -0.2) is 38.7 Å². The molecule has 0 amide bonds. The number of nitrogens with two attached hydrogens (primary N) is 1. The summed E-state index contributed by atoms with van der Waals surface area (Å²) in [5, 5.41) is -0.392. The smallest absolute Gasteiger partial charge is 0.152 e. The van der Waals surface area contributed by atoms with Gasteiger partial charge < -0.3 is 10.5 Å². The van der Waals surface area contributed by atoms with E-state index >= 15 is 0 Å². The van der Waals surface area contributed by atoms with Crippen molar-refractivity contribution < 1.29 is 13.2 Å². The largest absolute Gasteiger partial charge is 0.380 e. The molecule has 0 saturated heterocycles. The van der Waals surface area contributed by atoms with Crippen LogP contribution in [0.25, 0.3) is 0 Å². The van der Waals surface area contributed by atoms with Crippen LogP contribution in [0, 0.1) is 0 Å². The van der Waals surface area contributed by atoms with Crippen molar-refractivity contribution in [2.24, 2.45) is 5.73 Å². The lowest BCUT2D eigenvalue weighted by Gasteiger charge is -2.09. The Balaban J connectivity index is 2.49. The standard InChI is InChI=1S/C7H15NO3S/c1-3-11-5-7(8)4-6(7)12(2,9)10/h6H,3-5,8H2,1-2H3/t6-,7+/m0/s1. The predicted molar refractivity (Wildman–Crippen MR) is 46.7 cm³/mol. The van der Waals surface area contributed by atoms with Gasteiger partial charge in [-0.25, -0.2) is 8.42 Å². The second-order valence-corrected chi connectivity index (χ2v) is 5.62. The van der Waals surface area contributed by atoms with Gasteiger partial charge in [0.05, 0.1) is 17.4 Å². The number of sulfone groups is 1. The van der Waals surface area contributed by atoms with Crippen LogP contribution in [0.4, 0.5) is 0 Å². The monoisotopic (exact) mass is 193 g/mol. The highest BCUT2D eigenvalue weighted by atomic mass is 32.2. The predicted octanol–water partition coefficient (Wildman–Crippen LogP) is -0.463. The van der Waals surface area contributed by atoms with E-state index in [1.807, 2.05) is 6.92 Å². The normalized spacial score (nSPS) is 35.1. The molecule has 0 spiro atoms. The Kier molecular flexibility index (Phi) is 2.47. The fourth-order valence-electron chi connectivity index (χ4n) is 1.31. The Morgan fingerprint density at radius 1 is 1.67 bits per heavy atom. The first kappa shape index (κ1) is 9.95. The Hall–Kier alpha value is -0.130. The molecule has 0 radical (unpaired) electrons. The van der Waals surface area contributed by atoms with Crippen molar-refractivity contribution in [3.63, 3.8) is 0 Å². The number of hydrogen-bond donors (Lipinski definition) is 1. The molecule has 5 heteroatoms. The molecule has 0 bridgehead atoms. The average Bonchev–Trinajstić information content (AvgIpc) is 2.59. The molecule has 12 heavy (non-hydrogen) atoms. The van der Waals surface area contributed by atoms with Crippen molar-refractivity contribution in [2.75, 3.05) is 19.5 Å². The van der Waals surface area contributed by atoms with E-state index in [-0.39, 0.29) is 0 Å². The van der Waals surface area contributed by atoms with Crippen LogP contribution in [0.2, 0.25) is 0 Å². The van der Waals surface area contributed by atoms with Crippen LogP contribution in [-0.2, 0) is 14.6 Å². The Morgan fingerprint density at radius 3 is 2.58 bits per heavy atom. The molecule has 0 aromatic rings. The summed E-state index contributed by atoms with van der Waals surface area (Å²) in [5.74, 6) is 0. The average molecular weight is 193 g/mol. The van der Waals surface area contributed by atoms with Gasteiger partial charge in [0.1, 0.15) is 0 Å². The first-order valence-corrected chi connectivity index (χ1v) is 5.91. The van der Waals surface area contributed by atoms with Crippen molar-refractivity contribution in [1.29, 1.82) is 0 Å². The fourth-order valence-corrected chi connectivity index (χ4v) is 2.84. The van der Waals surface area contributed by atoms with Gasteiger partial charge in [0.15, 0.2) is 9.84 Å². The second kappa shape index (κ2) is 2.97.